The van der Waals surface area contributed by atoms with Crippen LogP contribution in [0.5, 0.6) is 0 Å². The second-order valence-electron chi connectivity index (χ2n) is 13.2. The van der Waals surface area contributed by atoms with Crippen LogP contribution in [0.1, 0.15) is 79.8 Å². The van der Waals surface area contributed by atoms with Gasteiger partial charge in [0.1, 0.15) is 11.9 Å². The normalized spacial score (nSPS) is 22.0. The summed E-state index contributed by atoms with van der Waals surface area (Å²) in [5, 5.41) is 10.3. The van der Waals surface area contributed by atoms with E-state index in [2.05, 4.69) is 18.7 Å². The van der Waals surface area contributed by atoms with Gasteiger partial charge in [-0.1, -0.05) is 37.6 Å². The van der Waals surface area contributed by atoms with Crippen molar-refractivity contribution in [2.24, 2.45) is 11.8 Å². The van der Waals surface area contributed by atoms with Gasteiger partial charge in [-0.05, 0) is 112 Å². The Morgan fingerprint density at radius 3 is 2.71 bits per heavy atom. The molecule has 2 aromatic rings. The molecule has 0 spiro atoms. The van der Waals surface area contributed by atoms with E-state index in [9.17, 15) is 23.9 Å². The maximum Gasteiger partial charge on any atom is 0.332 e. The van der Waals surface area contributed by atoms with E-state index >= 15 is 0 Å². The fraction of sp³-hybridized carbons (Fsp3) is 0.571. The number of halogens is 2. The first-order valence-corrected chi connectivity index (χ1v) is 16.7. The van der Waals surface area contributed by atoms with Crippen LogP contribution in [0.3, 0.4) is 0 Å². The molecule has 1 N–H and O–H groups in total. The number of amides is 2. The first-order chi connectivity index (χ1) is 21.6. The number of fused-ring (bicyclic) bond motifs is 3. The zero-order valence-electron chi connectivity index (χ0n) is 26.5. The molecule has 2 amide bonds. The summed E-state index contributed by atoms with van der Waals surface area (Å²) in [6, 6.07) is 9.84. The summed E-state index contributed by atoms with van der Waals surface area (Å²) in [6.45, 7) is 7.00. The van der Waals surface area contributed by atoms with Gasteiger partial charge in [0.15, 0.2) is 6.10 Å². The Hall–Kier alpha value is -3.01. The number of carbonyl (C=O) groups excluding carboxylic acids is 2. The SMILES string of the molecule is CC(C)[C@@H]1c2ccc(F)cc2CCC1CO[C@@H](CCN(C)CCCCN1C(=O)[C@@H]2CCCN2C(=O)c2c(Cl)cccc21)C(=O)O. The van der Waals surface area contributed by atoms with E-state index in [1.165, 1.54) is 6.07 Å². The molecule has 5 rings (SSSR count). The number of aliphatic carboxylic acids is 1. The van der Waals surface area contributed by atoms with Gasteiger partial charge in [0.05, 0.1) is 22.9 Å². The molecule has 244 valence electrons. The number of nitrogens with zero attached hydrogens (tertiary/aromatic N) is 3. The predicted octanol–water partition coefficient (Wildman–Crippen LogP) is 6.00. The molecule has 1 unspecified atom stereocenters. The lowest BCUT2D eigenvalue weighted by molar-refractivity contribution is -0.152. The highest BCUT2D eigenvalue weighted by Crippen LogP contribution is 2.42. The lowest BCUT2D eigenvalue weighted by Gasteiger charge is -2.36. The molecular weight excluding hydrogens is 597 g/mol. The smallest absolute Gasteiger partial charge is 0.332 e. The third-order valence-corrected chi connectivity index (χ3v) is 10.1. The number of anilines is 1. The summed E-state index contributed by atoms with van der Waals surface area (Å²) in [6.07, 6.45) is 4.06. The summed E-state index contributed by atoms with van der Waals surface area (Å²) < 4.78 is 19.9. The van der Waals surface area contributed by atoms with Gasteiger partial charge in [-0.25, -0.2) is 9.18 Å². The van der Waals surface area contributed by atoms with Crippen molar-refractivity contribution in [2.45, 2.75) is 76.9 Å². The summed E-state index contributed by atoms with van der Waals surface area (Å²) in [7, 11) is 1.96. The van der Waals surface area contributed by atoms with Crippen molar-refractivity contribution in [3.8, 4) is 0 Å². The first kappa shape index (κ1) is 33.4. The van der Waals surface area contributed by atoms with Crippen LogP contribution >= 0.6 is 11.6 Å². The van der Waals surface area contributed by atoms with Gasteiger partial charge < -0.3 is 24.5 Å². The number of carboxylic acids is 1. The van der Waals surface area contributed by atoms with Gasteiger partial charge in [-0.3, -0.25) is 9.59 Å². The standard InChI is InChI=1S/C35H45ClFN3O5/c1-22(2)31-24(12-11-23-20-25(37)13-14-26(23)31)21-45-30(35(43)44)15-19-38(3)16-4-5-17-39-28-9-6-8-27(36)32(28)34(42)40-18-7-10-29(40)33(39)41/h6,8-9,13-14,20,22,24,29-31H,4-5,7,10-12,15-19,21H2,1-3H3,(H,43,44)/t24?,29-,30-,31-/m0/s1. The highest BCUT2D eigenvalue weighted by Gasteiger charge is 2.42. The Balaban J connectivity index is 1.11. The summed E-state index contributed by atoms with van der Waals surface area (Å²) in [5.74, 6) is -0.711. The van der Waals surface area contributed by atoms with Gasteiger partial charge in [-0.15, -0.1) is 0 Å². The third-order valence-electron chi connectivity index (χ3n) is 9.77. The average molecular weight is 642 g/mol. The lowest BCUT2D eigenvalue weighted by Crippen LogP contribution is -2.45. The molecule has 8 nitrogen and oxygen atoms in total. The van der Waals surface area contributed by atoms with Crippen LogP contribution in [-0.2, 0) is 20.7 Å². The second kappa shape index (κ2) is 14.6. The molecular formula is C35H45ClFN3O5. The minimum Gasteiger partial charge on any atom is -0.479 e. The molecule has 1 aliphatic carbocycles. The molecule has 2 aromatic carbocycles. The molecule has 0 bridgehead atoms. The van der Waals surface area contributed by atoms with Crippen molar-refractivity contribution in [3.05, 3.63) is 63.9 Å². The van der Waals surface area contributed by atoms with Gasteiger partial charge in [0.25, 0.3) is 5.91 Å². The maximum absolute atomic E-state index is 13.8. The van der Waals surface area contributed by atoms with E-state index < -0.39 is 18.1 Å². The zero-order valence-corrected chi connectivity index (χ0v) is 27.3. The molecule has 0 radical (unpaired) electrons. The number of carboxylic acid groups (broad SMARTS) is 1. The fourth-order valence-electron chi connectivity index (χ4n) is 7.49. The van der Waals surface area contributed by atoms with E-state index in [1.807, 2.05) is 13.1 Å². The van der Waals surface area contributed by atoms with E-state index in [4.69, 9.17) is 16.3 Å². The van der Waals surface area contributed by atoms with E-state index in [-0.39, 0.29) is 29.5 Å². The van der Waals surface area contributed by atoms with Crippen LogP contribution in [0.15, 0.2) is 36.4 Å². The minimum absolute atomic E-state index is 0.0509. The van der Waals surface area contributed by atoms with Crippen LogP contribution in [0.2, 0.25) is 5.02 Å². The predicted molar refractivity (Wildman–Crippen MR) is 172 cm³/mol. The largest absolute Gasteiger partial charge is 0.479 e. The van der Waals surface area contributed by atoms with Crippen molar-refractivity contribution >= 4 is 35.1 Å². The Morgan fingerprint density at radius 2 is 1.96 bits per heavy atom. The molecule has 10 heteroatoms. The van der Waals surface area contributed by atoms with Crippen LogP contribution in [-0.4, -0.2) is 84.7 Å². The topological polar surface area (TPSA) is 90.4 Å². The number of rotatable bonds is 13. The fourth-order valence-corrected chi connectivity index (χ4v) is 7.74. The Labute approximate surface area is 270 Å². The van der Waals surface area contributed by atoms with Crippen molar-refractivity contribution in [1.29, 1.82) is 0 Å². The van der Waals surface area contributed by atoms with Crippen LogP contribution < -0.4 is 4.90 Å². The van der Waals surface area contributed by atoms with Crippen molar-refractivity contribution in [3.63, 3.8) is 0 Å². The number of ether oxygens (including phenoxy) is 1. The number of carbonyl (C=O) groups is 3. The molecule has 3 aliphatic rings. The quantitative estimate of drug-likeness (QED) is 0.270. The minimum atomic E-state index is -0.963. The molecule has 2 heterocycles. The molecule has 45 heavy (non-hydrogen) atoms. The molecule has 2 aliphatic heterocycles. The molecule has 0 saturated carbocycles. The van der Waals surface area contributed by atoms with Crippen LogP contribution in [0.25, 0.3) is 0 Å². The first-order valence-electron chi connectivity index (χ1n) is 16.3. The monoisotopic (exact) mass is 641 g/mol. The second-order valence-corrected chi connectivity index (χ2v) is 13.6. The number of benzene rings is 2. The van der Waals surface area contributed by atoms with E-state index in [0.717, 1.165) is 49.8 Å². The summed E-state index contributed by atoms with van der Waals surface area (Å²) in [5.41, 5.74) is 3.18. The number of hydrogen-bond donors (Lipinski definition) is 1. The molecule has 4 atom stereocenters. The molecule has 1 saturated heterocycles. The Bertz CT molecular complexity index is 1400. The van der Waals surface area contributed by atoms with Crippen molar-refractivity contribution in [1.82, 2.24) is 9.80 Å². The molecule has 0 aromatic heterocycles. The zero-order chi connectivity index (χ0) is 32.2. The third kappa shape index (κ3) is 7.36. The van der Waals surface area contributed by atoms with Gasteiger partial charge >= 0.3 is 5.97 Å². The summed E-state index contributed by atoms with van der Waals surface area (Å²) in [4.78, 5) is 44.4. The van der Waals surface area contributed by atoms with Crippen molar-refractivity contribution < 1.29 is 28.6 Å². The highest BCUT2D eigenvalue weighted by atomic mass is 35.5. The van der Waals surface area contributed by atoms with E-state index in [1.54, 1.807) is 34.1 Å². The van der Waals surface area contributed by atoms with Gasteiger partial charge in [0.2, 0.25) is 5.91 Å². The molecule has 1 fully saturated rings. The van der Waals surface area contributed by atoms with E-state index in [0.29, 0.717) is 61.3 Å². The van der Waals surface area contributed by atoms with Gasteiger partial charge in [0, 0.05) is 19.6 Å². The lowest BCUT2D eigenvalue weighted by atomic mass is 9.70. The van der Waals surface area contributed by atoms with Crippen LogP contribution in [0, 0.1) is 17.7 Å². The number of unbranched alkanes of at least 4 members (excludes halogenated alkanes) is 1. The average Bonchev–Trinajstić information content (AvgIpc) is 3.47. The highest BCUT2D eigenvalue weighted by molar-refractivity contribution is 6.35. The van der Waals surface area contributed by atoms with Crippen LogP contribution in [0.4, 0.5) is 10.1 Å². The Morgan fingerprint density at radius 1 is 1.16 bits per heavy atom. The number of hydrogen-bond acceptors (Lipinski definition) is 5. The van der Waals surface area contributed by atoms with Gasteiger partial charge in [-0.2, -0.15) is 0 Å². The summed E-state index contributed by atoms with van der Waals surface area (Å²) >= 11 is 6.45. The Kier molecular flexibility index (Phi) is 10.8. The van der Waals surface area contributed by atoms with Crippen molar-refractivity contribution in [2.75, 3.05) is 44.7 Å². The maximum atomic E-state index is 13.8. The number of aryl methyl sites for hydroxylation is 1.